The van der Waals surface area contributed by atoms with Gasteiger partial charge in [-0.1, -0.05) is 153 Å². The maximum absolute atomic E-state index is 12.5. The third-order valence-corrected chi connectivity index (χ3v) is 9.06. The fourth-order valence-electron chi connectivity index (χ4n) is 5.25. The summed E-state index contributed by atoms with van der Waals surface area (Å²) >= 11 is 0. The minimum Gasteiger partial charge on any atom is -0.457 e. The lowest BCUT2D eigenvalue weighted by atomic mass is 10.1. The second-order valence-electron chi connectivity index (χ2n) is 12.8. The van der Waals surface area contributed by atoms with E-state index in [1.54, 1.807) is 0 Å². The number of phosphoric ester groups is 1. The molecule has 0 saturated carbocycles. The lowest BCUT2D eigenvalue weighted by Gasteiger charge is -2.20. The van der Waals surface area contributed by atoms with E-state index in [-0.39, 0.29) is 32.3 Å². The molecule has 0 aliphatic heterocycles. The number of hydrogen-bond acceptors (Lipinski definition) is 7. The highest BCUT2D eigenvalue weighted by atomic mass is 31.2. The van der Waals surface area contributed by atoms with Gasteiger partial charge >= 0.3 is 13.8 Å². The maximum atomic E-state index is 12.5. The van der Waals surface area contributed by atoms with Gasteiger partial charge in [0.05, 0.1) is 19.8 Å². The van der Waals surface area contributed by atoms with E-state index in [9.17, 15) is 14.3 Å². The standard InChI is InChI=1S/C39H74NO7P/c1-3-5-7-9-11-13-15-16-17-18-19-20-21-23-25-27-29-31-34-44-36-38(37-46-48(42,43)45-35-33-40)47-39(41)32-30-28-26-24-22-14-12-10-8-6-4-2/h5,7,11,13,16-17,38H,3-4,6,8-10,12,14-15,18-37,40H2,1-2H3,(H,42,43)/b7-5-,13-11-,17-16-. The molecule has 0 aliphatic rings. The molecule has 0 rings (SSSR count). The molecule has 0 saturated heterocycles. The molecule has 3 N–H and O–H groups in total. The first-order valence-electron chi connectivity index (χ1n) is 19.5. The average molecular weight is 700 g/mol. The van der Waals surface area contributed by atoms with Gasteiger partial charge in [-0.15, -0.1) is 0 Å². The molecular weight excluding hydrogens is 625 g/mol. The van der Waals surface area contributed by atoms with E-state index in [1.165, 1.54) is 89.9 Å². The average Bonchev–Trinajstić information content (AvgIpc) is 3.07. The molecule has 48 heavy (non-hydrogen) atoms. The molecule has 0 spiro atoms. The summed E-state index contributed by atoms with van der Waals surface area (Å²) in [5.41, 5.74) is 5.35. The van der Waals surface area contributed by atoms with Crippen molar-refractivity contribution in [2.45, 2.75) is 174 Å². The molecule has 0 amide bonds. The number of hydrogen-bond donors (Lipinski definition) is 2. The summed E-state index contributed by atoms with van der Waals surface area (Å²) in [5, 5.41) is 0. The fraction of sp³-hybridized carbons (Fsp3) is 0.821. The molecule has 0 aromatic heterocycles. The van der Waals surface area contributed by atoms with Gasteiger partial charge in [-0.3, -0.25) is 13.8 Å². The summed E-state index contributed by atoms with van der Waals surface area (Å²) in [4.78, 5) is 22.4. The molecule has 0 bridgehead atoms. The van der Waals surface area contributed by atoms with E-state index in [0.29, 0.717) is 13.0 Å². The van der Waals surface area contributed by atoms with Crippen LogP contribution in [0.1, 0.15) is 168 Å². The van der Waals surface area contributed by atoms with E-state index in [0.717, 1.165) is 57.8 Å². The van der Waals surface area contributed by atoms with Gasteiger partial charge in [-0.25, -0.2) is 4.57 Å². The van der Waals surface area contributed by atoms with Crippen LogP contribution in [0.3, 0.4) is 0 Å². The van der Waals surface area contributed by atoms with E-state index >= 15 is 0 Å². The van der Waals surface area contributed by atoms with Crippen molar-refractivity contribution < 1.29 is 32.8 Å². The summed E-state index contributed by atoms with van der Waals surface area (Å²) in [6, 6.07) is 0. The molecule has 0 aromatic rings. The largest absolute Gasteiger partial charge is 0.472 e. The topological polar surface area (TPSA) is 117 Å². The fourth-order valence-corrected chi connectivity index (χ4v) is 6.01. The molecule has 0 aromatic carbocycles. The molecule has 8 nitrogen and oxygen atoms in total. The first kappa shape index (κ1) is 46.7. The summed E-state index contributed by atoms with van der Waals surface area (Å²) < 4.78 is 33.3. The van der Waals surface area contributed by atoms with Crippen molar-refractivity contribution >= 4 is 13.8 Å². The number of unbranched alkanes of at least 4 members (excludes halogenated alkanes) is 18. The zero-order valence-corrected chi connectivity index (χ0v) is 31.9. The van der Waals surface area contributed by atoms with Crippen molar-refractivity contribution in [2.24, 2.45) is 5.73 Å². The lowest BCUT2D eigenvalue weighted by molar-refractivity contribution is -0.154. The highest BCUT2D eigenvalue weighted by Crippen LogP contribution is 2.43. The summed E-state index contributed by atoms with van der Waals surface area (Å²) in [7, 11) is -4.27. The van der Waals surface area contributed by atoms with Crippen LogP contribution >= 0.6 is 7.82 Å². The number of carbonyl (C=O) groups is 1. The number of ether oxygens (including phenoxy) is 2. The van der Waals surface area contributed by atoms with Crippen molar-refractivity contribution in [3.8, 4) is 0 Å². The van der Waals surface area contributed by atoms with Crippen LogP contribution in [0.25, 0.3) is 0 Å². The van der Waals surface area contributed by atoms with Crippen LogP contribution < -0.4 is 5.73 Å². The van der Waals surface area contributed by atoms with Gasteiger partial charge in [0.1, 0.15) is 6.10 Å². The van der Waals surface area contributed by atoms with Gasteiger partial charge in [-0.05, 0) is 44.9 Å². The van der Waals surface area contributed by atoms with Crippen molar-refractivity contribution in [3.05, 3.63) is 36.5 Å². The minimum atomic E-state index is -4.27. The minimum absolute atomic E-state index is 0.0965. The summed E-state index contributed by atoms with van der Waals surface area (Å²) in [6.45, 7) is 4.79. The SMILES string of the molecule is CC/C=C\C/C=C\C/C=C\CCCCCCCCCCOCC(COP(=O)(O)OCCN)OC(=O)CCCCCCCCCCCCC. The van der Waals surface area contributed by atoms with E-state index in [2.05, 4.69) is 50.3 Å². The first-order chi connectivity index (χ1) is 23.4. The van der Waals surface area contributed by atoms with Gasteiger partial charge in [0, 0.05) is 19.6 Å². The summed E-state index contributed by atoms with van der Waals surface area (Å²) in [6.07, 6.45) is 40.1. The Kier molecular flexibility index (Phi) is 36.0. The van der Waals surface area contributed by atoms with Crippen LogP contribution in [0.15, 0.2) is 36.5 Å². The Morgan fingerprint density at radius 1 is 0.646 bits per heavy atom. The molecule has 9 heteroatoms. The Hall–Kier alpha value is -1.28. The zero-order chi connectivity index (χ0) is 35.2. The monoisotopic (exact) mass is 700 g/mol. The Labute approximate surface area is 295 Å². The molecule has 2 atom stereocenters. The second kappa shape index (κ2) is 37.0. The maximum Gasteiger partial charge on any atom is 0.472 e. The third-order valence-electron chi connectivity index (χ3n) is 8.07. The van der Waals surface area contributed by atoms with Crippen molar-refractivity contribution in [3.63, 3.8) is 0 Å². The van der Waals surface area contributed by atoms with Crippen molar-refractivity contribution in [2.75, 3.05) is 33.0 Å². The molecule has 0 fully saturated rings. The van der Waals surface area contributed by atoms with E-state index < -0.39 is 13.9 Å². The van der Waals surface area contributed by atoms with Crippen LogP contribution in [0.5, 0.6) is 0 Å². The van der Waals surface area contributed by atoms with E-state index in [4.69, 9.17) is 24.3 Å². The number of rotatable bonds is 37. The smallest absolute Gasteiger partial charge is 0.457 e. The number of nitrogens with two attached hydrogens (primary N) is 1. The molecular formula is C39H74NO7P. The Morgan fingerprint density at radius 2 is 1.17 bits per heavy atom. The van der Waals surface area contributed by atoms with Crippen LogP contribution in [0.4, 0.5) is 0 Å². The predicted octanol–water partition coefficient (Wildman–Crippen LogP) is 11.1. The van der Waals surface area contributed by atoms with Gasteiger partial charge in [0.2, 0.25) is 0 Å². The van der Waals surface area contributed by atoms with Gasteiger partial charge in [0.25, 0.3) is 0 Å². The Bertz CT molecular complexity index is 833. The van der Waals surface area contributed by atoms with Crippen LogP contribution in [0.2, 0.25) is 0 Å². The van der Waals surface area contributed by atoms with Crippen LogP contribution in [0, 0.1) is 0 Å². The Morgan fingerprint density at radius 3 is 1.75 bits per heavy atom. The highest BCUT2D eigenvalue weighted by Gasteiger charge is 2.25. The van der Waals surface area contributed by atoms with Gasteiger partial charge in [-0.2, -0.15) is 0 Å². The molecule has 0 radical (unpaired) electrons. The predicted molar refractivity (Wildman–Crippen MR) is 201 cm³/mol. The number of allylic oxidation sites excluding steroid dienone is 6. The number of carbonyl (C=O) groups excluding carboxylic acids is 1. The first-order valence-corrected chi connectivity index (χ1v) is 21.0. The van der Waals surface area contributed by atoms with Crippen LogP contribution in [-0.2, 0) is 27.9 Å². The van der Waals surface area contributed by atoms with Gasteiger partial charge in [0.15, 0.2) is 0 Å². The third kappa shape index (κ3) is 36.0. The van der Waals surface area contributed by atoms with Crippen molar-refractivity contribution in [1.82, 2.24) is 0 Å². The summed E-state index contributed by atoms with van der Waals surface area (Å²) in [5.74, 6) is -0.335. The Balaban J connectivity index is 4.05. The number of phosphoric acid groups is 1. The highest BCUT2D eigenvalue weighted by molar-refractivity contribution is 7.47. The second-order valence-corrected chi connectivity index (χ2v) is 14.2. The van der Waals surface area contributed by atoms with E-state index in [1.807, 2.05) is 0 Å². The lowest BCUT2D eigenvalue weighted by Crippen LogP contribution is -2.28. The molecule has 0 heterocycles. The molecule has 2 unspecified atom stereocenters. The van der Waals surface area contributed by atoms with Crippen LogP contribution in [-0.4, -0.2) is 49.9 Å². The quantitative estimate of drug-likeness (QED) is 0.0285. The normalized spacial score (nSPS) is 14.0. The van der Waals surface area contributed by atoms with Crippen molar-refractivity contribution in [1.29, 1.82) is 0 Å². The molecule has 282 valence electrons. The van der Waals surface area contributed by atoms with Gasteiger partial charge < -0.3 is 20.1 Å². The molecule has 0 aliphatic carbocycles. The number of esters is 1. The zero-order valence-electron chi connectivity index (χ0n) is 31.0.